The molecule has 0 saturated carbocycles. The van der Waals surface area contributed by atoms with E-state index in [1.807, 2.05) is 48.7 Å². The van der Waals surface area contributed by atoms with Crippen LogP contribution in [-0.2, 0) is 20.1 Å². The number of hydrogen-bond donors (Lipinski definition) is 0. The monoisotopic (exact) mass is 778 g/mol. The first-order valence-electron chi connectivity index (χ1n) is 19.3. The van der Waals surface area contributed by atoms with Crippen LogP contribution in [0.1, 0.15) is 100 Å². The molecule has 4 nitrogen and oxygen atoms in total. The molecule has 10 heteroatoms. The van der Waals surface area contributed by atoms with Gasteiger partial charge < -0.3 is 13.8 Å². The molecule has 57 heavy (non-hydrogen) atoms. The van der Waals surface area contributed by atoms with Crippen LogP contribution in [-0.4, -0.2) is 42.3 Å². The average molecular weight is 779 g/mol. The first-order chi connectivity index (χ1) is 26.7. The van der Waals surface area contributed by atoms with Crippen LogP contribution in [0.4, 0.5) is 22.0 Å². The maximum atomic E-state index is 14.8. The average Bonchev–Trinajstić information content (AvgIpc) is 3.86. The van der Waals surface area contributed by atoms with Crippen LogP contribution < -0.4 is 0 Å². The molecule has 0 spiro atoms. The van der Waals surface area contributed by atoms with E-state index in [0.717, 1.165) is 67.1 Å². The third-order valence-corrected chi connectivity index (χ3v) is 10.8. The van der Waals surface area contributed by atoms with Crippen LogP contribution in [0.2, 0.25) is 0 Å². The normalized spacial score (nSPS) is 17.2. The molecule has 1 fully saturated rings. The van der Waals surface area contributed by atoms with Crippen LogP contribution in [0.3, 0.4) is 0 Å². The minimum atomic E-state index is -5.03. The summed E-state index contributed by atoms with van der Waals surface area (Å²) in [6.45, 7) is 16.6. The van der Waals surface area contributed by atoms with E-state index in [-0.39, 0.29) is 17.4 Å². The molecule has 296 valence electrons. The zero-order chi connectivity index (χ0) is 41.1. The van der Waals surface area contributed by atoms with Crippen molar-refractivity contribution in [3.8, 4) is 22.4 Å². The number of halogens is 5. The molecular weight excluding hydrogens is 730 g/mol. The van der Waals surface area contributed by atoms with Crippen LogP contribution in [0.25, 0.3) is 33.7 Å². The summed E-state index contributed by atoms with van der Waals surface area (Å²) in [4.78, 5) is 5.29. The van der Waals surface area contributed by atoms with Gasteiger partial charge in [-0.25, -0.2) is 13.8 Å². The molecule has 0 amide bonds. The predicted octanol–water partition coefficient (Wildman–Crippen LogP) is 12.7. The van der Waals surface area contributed by atoms with Crippen LogP contribution in [0.5, 0.6) is 0 Å². The number of allylic oxidation sites excluding steroid dienone is 1. The van der Waals surface area contributed by atoms with Crippen molar-refractivity contribution in [2.45, 2.75) is 97.3 Å². The van der Waals surface area contributed by atoms with Gasteiger partial charge in [0, 0.05) is 40.1 Å². The number of aryl methyl sites for hydroxylation is 1. The molecule has 7 rings (SSSR count). The number of hydrogen-bond acceptors (Lipinski definition) is 3. The van der Waals surface area contributed by atoms with Crippen molar-refractivity contribution in [2.24, 2.45) is 4.99 Å². The Morgan fingerprint density at radius 2 is 1.26 bits per heavy atom. The first kappa shape index (κ1) is 40.4. The number of fused-ring (bicyclic) bond motifs is 1. The number of rotatable bonds is 8. The Balaban J connectivity index is 1.46. The van der Waals surface area contributed by atoms with Crippen molar-refractivity contribution in [1.29, 1.82) is 0 Å². The Morgan fingerprint density at radius 1 is 0.719 bits per heavy atom. The molecule has 2 aliphatic rings. The number of benzene rings is 4. The number of alkyl halides is 5. The minimum Gasteiger partial charge on any atom is -0.389 e. The summed E-state index contributed by atoms with van der Waals surface area (Å²) >= 11 is 0. The largest absolute Gasteiger partial charge is 0.598 e. The van der Waals surface area contributed by atoms with E-state index in [2.05, 4.69) is 114 Å². The maximum absolute atomic E-state index is 14.8. The van der Waals surface area contributed by atoms with Crippen molar-refractivity contribution in [1.82, 2.24) is 4.48 Å². The van der Waals surface area contributed by atoms with E-state index in [0.29, 0.717) is 11.4 Å². The lowest BCUT2D eigenvalue weighted by Gasteiger charge is -2.22. The SMILES string of the molecule is C/C(=C1/N=C(c2ccc(C)cc2)c2ccccc21)c1c(-c2ccc(C(C)(C)C)cc2)cc(-c2ccc(C(C)(C)C)cc2)n1B1OCC(CC(F)(F)CC(F)(F)F)O1. The lowest BCUT2D eigenvalue weighted by atomic mass is 9.86. The molecular formula is C47H48BF5N2O2. The van der Waals surface area contributed by atoms with Crippen LogP contribution in [0.15, 0.2) is 108 Å². The van der Waals surface area contributed by atoms with Crippen molar-refractivity contribution < 1.29 is 31.3 Å². The summed E-state index contributed by atoms with van der Waals surface area (Å²) in [6, 6.07) is 34.9. The standard InChI is InChI=1S/C47H48BF5N2O2/c1-29-13-15-33(16-14-29)42-38-12-10-9-11-37(38)41(54-42)30(2)43-39(31-17-21-34(22-18-31)44(3,4)5)25-40(32-19-23-35(24-20-32)45(6,7)8)55(43)48-56-27-36(57-48)26-46(49,50)28-47(51,52)53/h9-25,36H,26-28H2,1-8H3/b41-30-. The molecule has 1 atom stereocenters. The van der Waals surface area contributed by atoms with Crippen LogP contribution >= 0.6 is 0 Å². The summed E-state index contributed by atoms with van der Waals surface area (Å²) in [6.07, 6.45) is -9.67. The fourth-order valence-electron chi connectivity index (χ4n) is 7.69. The Morgan fingerprint density at radius 3 is 1.82 bits per heavy atom. The van der Waals surface area contributed by atoms with Gasteiger partial charge in [-0.2, -0.15) is 13.2 Å². The highest BCUT2D eigenvalue weighted by Crippen LogP contribution is 2.45. The van der Waals surface area contributed by atoms with E-state index in [1.54, 1.807) is 0 Å². The van der Waals surface area contributed by atoms with Gasteiger partial charge in [0.25, 0.3) is 5.92 Å². The molecule has 1 saturated heterocycles. The summed E-state index contributed by atoms with van der Waals surface area (Å²) in [7, 11) is -1.22. The van der Waals surface area contributed by atoms with E-state index >= 15 is 0 Å². The Labute approximate surface area is 332 Å². The first-order valence-corrected chi connectivity index (χ1v) is 19.3. The number of aliphatic imine (C=N–C) groups is 1. The Kier molecular flexibility index (Phi) is 10.5. The fraction of sp³-hybridized carbons (Fsp3) is 0.340. The van der Waals surface area contributed by atoms with Gasteiger partial charge >= 0.3 is 13.4 Å². The van der Waals surface area contributed by atoms with Gasteiger partial charge in [-0.1, -0.05) is 144 Å². The molecule has 4 aromatic carbocycles. The van der Waals surface area contributed by atoms with Crippen molar-refractivity contribution in [3.63, 3.8) is 0 Å². The molecule has 1 unspecified atom stereocenters. The zero-order valence-electron chi connectivity index (χ0n) is 33.7. The van der Waals surface area contributed by atoms with Gasteiger partial charge in [-0.05, 0) is 58.6 Å². The zero-order valence-corrected chi connectivity index (χ0v) is 33.7. The van der Waals surface area contributed by atoms with Gasteiger partial charge in [0.2, 0.25) is 0 Å². The van der Waals surface area contributed by atoms with Crippen molar-refractivity contribution in [2.75, 3.05) is 6.61 Å². The number of nitrogens with zero attached hydrogens (tertiary/aromatic N) is 2. The second-order valence-corrected chi connectivity index (χ2v) is 17.4. The highest BCUT2D eigenvalue weighted by atomic mass is 19.4. The third kappa shape index (κ3) is 8.58. The molecule has 1 aromatic heterocycles. The van der Waals surface area contributed by atoms with Gasteiger partial charge in [-0.3, -0.25) is 0 Å². The predicted molar refractivity (Wildman–Crippen MR) is 221 cm³/mol. The molecule has 2 aliphatic heterocycles. The second-order valence-electron chi connectivity index (χ2n) is 17.4. The lowest BCUT2D eigenvalue weighted by molar-refractivity contribution is -0.193. The third-order valence-electron chi connectivity index (χ3n) is 10.8. The summed E-state index contributed by atoms with van der Waals surface area (Å²) in [5, 5.41) is 0. The molecule has 0 radical (unpaired) electrons. The van der Waals surface area contributed by atoms with Crippen molar-refractivity contribution >= 4 is 24.2 Å². The van der Waals surface area contributed by atoms with E-state index in [1.165, 1.54) is 0 Å². The van der Waals surface area contributed by atoms with Crippen LogP contribution in [0, 0.1) is 6.92 Å². The lowest BCUT2D eigenvalue weighted by Crippen LogP contribution is -2.33. The topological polar surface area (TPSA) is 35.8 Å². The van der Waals surface area contributed by atoms with E-state index < -0.39 is 38.3 Å². The molecule has 3 heterocycles. The van der Waals surface area contributed by atoms with Gasteiger partial charge in [-0.15, -0.1) is 0 Å². The fourth-order valence-corrected chi connectivity index (χ4v) is 7.69. The van der Waals surface area contributed by atoms with Gasteiger partial charge in [0.1, 0.15) is 6.42 Å². The molecule has 5 aromatic rings. The highest BCUT2D eigenvalue weighted by molar-refractivity contribution is 6.45. The van der Waals surface area contributed by atoms with E-state index in [9.17, 15) is 22.0 Å². The highest BCUT2D eigenvalue weighted by Gasteiger charge is 2.48. The van der Waals surface area contributed by atoms with Gasteiger partial charge in [0.05, 0.1) is 24.1 Å². The molecule has 0 bridgehead atoms. The molecule has 0 N–H and O–H groups in total. The summed E-state index contributed by atoms with van der Waals surface area (Å²) < 4.78 is 83.2. The smallest absolute Gasteiger partial charge is 0.389 e. The minimum absolute atomic E-state index is 0.0888. The maximum Gasteiger partial charge on any atom is 0.598 e. The number of aromatic nitrogens is 1. The Hall–Kier alpha value is -4.80. The Bertz CT molecular complexity index is 2330. The van der Waals surface area contributed by atoms with Gasteiger partial charge in [0.15, 0.2) is 0 Å². The quantitative estimate of drug-likeness (QED) is 0.116. The van der Waals surface area contributed by atoms with Crippen molar-refractivity contribution in [3.05, 3.63) is 142 Å². The van der Waals surface area contributed by atoms with E-state index in [4.69, 9.17) is 14.3 Å². The summed E-state index contributed by atoms with van der Waals surface area (Å²) in [5.41, 5.74) is 12.4. The molecule has 0 aliphatic carbocycles. The second kappa shape index (κ2) is 14.9. The summed E-state index contributed by atoms with van der Waals surface area (Å²) in [5.74, 6) is -4.03.